The fourth-order valence-corrected chi connectivity index (χ4v) is 1.44. The van der Waals surface area contributed by atoms with Crippen LogP contribution in [0.3, 0.4) is 0 Å². The molecule has 2 heterocycles. The van der Waals surface area contributed by atoms with Crippen LogP contribution < -0.4 is 0 Å². The molecule has 6 nitrogen and oxygen atoms in total. The van der Waals surface area contributed by atoms with Crippen molar-refractivity contribution in [2.75, 3.05) is 0 Å². The van der Waals surface area contributed by atoms with Crippen LogP contribution in [0.4, 0.5) is 0 Å². The molecule has 0 fully saturated rings. The summed E-state index contributed by atoms with van der Waals surface area (Å²) in [5.74, 6) is -1.01. The Kier molecular flexibility index (Phi) is 2.40. The average molecular weight is 218 g/mol. The molecule has 2 rings (SSSR count). The third-order valence-corrected chi connectivity index (χ3v) is 2.22. The number of rotatable bonds is 2. The number of hydrogen-bond acceptors (Lipinski definition) is 4. The van der Waals surface area contributed by atoms with Crippen LogP contribution in [0.15, 0.2) is 18.5 Å². The highest BCUT2D eigenvalue weighted by atomic mass is 16.4. The number of carboxylic acids is 1. The Bertz CT molecular complexity index is 548. The van der Waals surface area contributed by atoms with Gasteiger partial charge in [0.2, 0.25) is 0 Å². The Balaban J connectivity index is 2.54. The maximum Gasteiger partial charge on any atom is 0.354 e. The second-order valence-electron chi connectivity index (χ2n) is 3.33. The quantitative estimate of drug-likeness (QED) is 0.809. The number of carboxylic acid groups (broad SMARTS) is 1. The first kappa shape index (κ1) is 10.3. The minimum atomic E-state index is -1.01. The van der Waals surface area contributed by atoms with Crippen molar-refractivity contribution in [3.05, 3.63) is 29.8 Å². The smallest absolute Gasteiger partial charge is 0.354 e. The van der Waals surface area contributed by atoms with Gasteiger partial charge in [0.05, 0.1) is 5.69 Å². The van der Waals surface area contributed by atoms with Crippen molar-refractivity contribution in [2.45, 2.75) is 6.92 Å². The monoisotopic (exact) mass is 218 g/mol. The molecule has 0 aliphatic heterocycles. The predicted molar refractivity (Wildman–Crippen MR) is 55.9 cm³/mol. The molecule has 1 N–H and O–H groups in total. The first-order valence-corrected chi connectivity index (χ1v) is 4.65. The van der Waals surface area contributed by atoms with Gasteiger partial charge in [0.25, 0.3) is 0 Å². The summed E-state index contributed by atoms with van der Waals surface area (Å²) in [6.07, 6.45) is 3.14. The third kappa shape index (κ3) is 1.65. The average Bonchev–Trinajstić information content (AvgIpc) is 2.61. The van der Waals surface area contributed by atoms with E-state index in [1.165, 1.54) is 10.7 Å². The van der Waals surface area contributed by atoms with Crippen LogP contribution in [0.25, 0.3) is 11.4 Å². The molecule has 0 saturated heterocycles. The number of nitrogens with zero attached hydrogens (tertiary/aromatic N) is 4. The molecule has 0 atom stereocenters. The van der Waals surface area contributed by atoms with Gasteiger partial charge in [0, 0.05) is 25.5 Å². The Labute approximate surface area is 91.6 Å². The summed E-state index contributed by atoms with van der Waals surface area (Å²) >= 11 is 0. The van der Waals surface area contributed by atoms with E-state index in [2.05, 4.69) is 15.1 Å². The van der Waals surface area contributed by atoms with Crippen molar-refractivity contribution in [3.63, 3.8) is 0 Å². The number of aryl methyl sites for hydroxylation is 2. The van der Waals surface area contributed by atoms with Crippen molar-refractivity contribution >= 4 is 5.97 Å². The van der Waals surface area contributed by atoms with Gasteiger partial charge in [-0.3, -0.25) is 14.6 Å². The van der Waals surface area contributed by atoms with E-state index in [9.17, 15) is 4.79 Å². The van der Waals surface area contributed by atoms with E-state index in [-0.39, 0.29) is 5.69 Å². The summed E-state index contributed by atoms with van der Waals surface area (Å²) in [6, 6.07) is 1.49. The Morgan fingerprint density at radius 1 is 1.38 bits per heavy atom. The van der Waals surface area contributed by atoms with Crippen molar-refractivity contribution in [3.8, 4) is 11.4 Å². The third-order valence-electron chi connectivity index (χ3n) is 2.22. The first-order chi connectivity index (χ1) is 7.59. The number of hydrogen-bond donors (Lipinski definition) is 1. The molecule has 0 aliphatic carbocycles. The molecule has 0 aromatic carbocycles. The minimum absolute atomic E-state index is 0.125. The molecule has 0 amide bonds. The SMILES string of the molecule is Cc1nccnc1-c1cc(C(=O)O)n(C)n1. The lowest BCUT2D eigenvalue weighted by Gasteiger charge is -1.97. The van der Waals surface area contributed by atoms with Crippen molar-refractivity contribution in [2.24, 2.45) is 7.05 Å². The standard InChI is InChI=1S/C10H10N4O2/c1-6-9(12-4-3-11-6)7-5-8(10(15)16)14(2)13-7/h3-5H,1-2H3,(H,15,16). The fourth-order valence-electron chi connectivity index (χ4n) is 1.44. The first-order valence-electron chi connectivity index (χ1n) is 4.65. The molecular formula is C10H10N4O2. The predicted octanol–water partition coefficient (Wildman–Crippen LogP) is 0.884. The molecule has 0 radical (unpaired) electrons. The van der Waals surface area contributed by atoms with E-state index < -0.39 is 5.97 Å². The second kappa shape index (κ2) is 3.73. The molecule has 0 unspecified atom stereocenters. The van der Waals surface area contributed by atoms with E-state index in [0.717, 1.165) is 5.69 Å². The van der Waals surface area contributed by atoms with E-state index >= 15 is 0 Å². The summed E-state index contributed by atoms with van der Waals surface area (Å²) in [4.78, 5) is 19.1. The van der Waals surface area contributed by atoms with Gasteiger partial charge >= 0.3 is 5.97 Å². The molecule has 2 aromatic heterocycles. The Morgan fingerprint density at radius 3 is 2.62 bits per heavy atom. The van der Waals surface area contributed by atoms with Gasteiger partial charge in [-0.25, -0.2) is 4.79 Å². The van der Waals surface area contributed by atoms with Crippen LogP contribution in [0, 0.1) is 6.92 Å². The minimum Gasteiger partial charge on any atom is -0.477 e. The van der Waals surface area contributed by atoms with Crippen molar-refractivity contribution < 1.29 is 9.90 Å². The number of carbonyl (C=O) groups is 1. The molecule has 0 aliphatic rings. The van der Waals surface area contributed by atoms with Crippen LogP contribution in [0.5, 0.6) is 0 Å². The molecule has 82 valence electrons. The maximum atomic E-state index is 10.9. The maximum absolute atomic E-state index is 10.9. The Hall–Kier alpha value is -2.24. The fraction of sp³-hybridized carbons (Fsp3) is 0.200. The lowest BCUT2D eigenvalue weighted by atomic mass is 10.2. The zero-order valence-corrected chi connectivity index (χ0v) is 8.88. The summed E-state index contributed by atoms with van der Waals surface area (Å²) in [6.45, 7) is 1.80. The molecule has 16 heavy (non-hydrogen) atoms. The molecular weight excluding hydrogens is 208 g/mol. The van der Waals surface area contributed by atoms with Gasteiger partial charge < -0.3 is 5.11 Å². The van der Waals surface area contributed by atoms with E-state index in [4.69, 9.17) is 5.11 Å². The molecule has 0 spiro atoms. The zero-order chi connectivity index (χ0) is 11.7. The highest BCUT2D eigenvalue weighted by Crippen LogP contribution is 2.18. The highest BCUT2D eigenvalue weighted by molar-refractivity contribution is 5.87. The van der Waals surface area contributed by atoms with E-state index in [1.54, 1.807) is 26.4 Å². The topological polar surface area (TPSA) is 80.9 Å². The lowest BCUT2D eigenvalue weighted by Crippen LogP contribution is -2.04. The summed E-state index contributed by atoms with van der Waals surface area (Å²) < 4.78 is 1.31. The number of aromatic nitrogens is 4. The Morgan fingerprint density at radius 2 is 2.06 bits per heavy atom. The van der Waals surface area contributed by atoms with Crippen molar-refractivity contribution in [1.29, 1.82) is 0 Å². The van der Waals surface area contributed by atoms with Gasteiger partial charge in [-0.2, -0.15) is 5.10 Å². The van der Waals surface area contributed by atoms with Crippen molar-refractivity contribution in [1.82, 2.24) is 19.7 Å². The lowest BCUT2D eigenvalue weighted by molar-refractivity contribution is 0.0685. The molecule has 0 bridgehead atoms. The van der Waals surface area contributed by atoms with Crippen LogP contribution >= 0.6 is 0 Å². The molecule has 2 aromatic rings. The van der Waals surface area contributed by atoms with Gasteiger partial charge in [-0.1, -0.05) is 0 Å². The largest absolute Gasteiger partial charge is 0.477 e. The van der Waals surface area contributed by atoms with Crippen LogP contribution in [0.1, 0.15) is 16.2 Å². The summed E-state index contributed by atoms with van der Waals surface area (Å²) in [5, 5.41) is 13.0. The zero-order valence-electron chi connectivity index (χ0n) is 8.88. The van der Waals surface area contributed by atoms with Gasteiger partial charge in [-0.05, 0) is 6.92 Å². The van der Waals surface area contributed by atoms with Crippen LogP contribution in [-0.4, -0.2) is 30.8 Å². The van der Waals surface area contributed by atoms with Gasteiger partial charge in [0.15, 0.2) is 0 Å². The summed E-state index contributed by atoms with van der Waals surface area (Å²) in [7, 11) is 1.58. The number of aromatic carboxylic acids is 1. The van der Waals surface area contributed by atoms with Gasteiger partial charge in [-0.15, -0.1) is 0 Å². The van der Waals surface area contributed by atoms with E-state index in [1.807, 2.05) is 0 Å². The van der Waals surface area contributed by atoms with Crippen LogP contribution in [-0.2, 0) is 7.05 Å². The van der Waals surface area contributed by atoms with Gasteiger partial charge in [0.1, 0.15) is 17.1 Å². The highest BCUT2D eigenvalue weighted by Gasteiger charge is 2.14. The normalized spacial score (nSPS) is 10.4. The van der Waals surface area contributed by atoms with E-state index in [0.29, 0.717) is 11.4 Å². The molecule has 6 heteroatoms. The summed E-state index contributed by atoms with van der Waals surface area (Å²) in [5.41, 5.74) is 1.97. The second-order valence-corrected chi connectivity index (χ2v) is 3.33. The molecule has 0 saturated carbocycles. The van der Waals surface area contributed by atoms with Crippen LogP contribution in [0.2, 0.25) is 0 Å².